The molecular formula is C14H28O2. The van der Waals surface area contributed by atoms with Crippen molar-refractivity contribution in [1.82, 2.24) is 0 Å². The summed E-state index contributed by atoms with van der Waals surface area (Å²) in [6, 6.07) is 0. The first-order valence-electron chi connectivity index (χ1n) is 6.49. The number of hydrogen-bond acceptors (Lipinski definition) is 1. The molecule has 1 N–H and O–H groups in total. The quantitative estimate of drug-likeness (QED) is 0.479. The van der Waals surface area contributed by atoms with E-state index in [2.05, 4.69) is 26.0 Å². The number of carbonyl (C=O) groups is 1. The molecule has 96 valence electrons. The number of hydrogen-bond donors (Lipinski definition) is 1. The lowest BCUT2D eigenvalue weighted by Crippen LogP contribution is -1.78. The summed E-state index contributed by atoms with van der Waals surface area (Å²) in [5, 5.41) is 7.42. The summed E-state index contributed by atoms with van der Waals surface area (Å²) in [6.45, 7) is 5.54. The second-order valence-corrected chi connectivity index (χ2v) is 3.96. The van der Waals surface area contributed by atoms with Gasteiger partial charge in [0.25, 0.3) is 5.97 Å². The molecule has 0 atom stereocenters. The molecule has 0 aliphatic carbocycles. The first-order chi connectivity index (χ1) is 7.65. The van der Waals surface area contributed by atoms with Gasteiger partial charge in [0.1, 0.15) is 0 Å². The van der Waals surface area contributed by atoms with Crippen molar-refractivity contribution in [2.24, 2.45) is 0 Å². The van der Waals surface area contributed by atoms with Crippen LogP contribution in [0.5, 0.6) is 0 Å². The van der Waals surface area contributed by atoms with Gasteiger partial charge in [-0.15, -0.1) is 0 Å². The molecule has 0 bridgehead atoms. The van der Waals surface area contributed by atoms with Crippen LogP contribution in [-0.2, 0) is 4.79 Å². The Morgan fingerprint density at radius 1 is 1.00 bits per heavy atom. The van der Waals surface area contributed by atoms with E-state index in [9.17, 15) is 0 Å². The predicted molar refractivity (Wildman–Crippen MR) is 70.7 cm³/mol. The summed E-state index contributed by atoms with van der Waals surface area (Å²) < 4.78 is 0. The van der Waals surface area contributed by atoms with Crippen molar-refractivity contribution in [2.75, 3.05) is 0 Å². The fourth-order valence-corrected chi connectivity index (χ4v) is 1.33. The van der Waals surface area contributed by atoms with Crippen LogP contribution in [0.2, 0.25) is 0 Å². The highest BCUT2D eigenvalue weighted by atomic mass is 16.4. The summed E-state index contributed by atoms with van der Waals surface area (Å²) in [5.74, 6) is -0.833. The number of allylic oxidation sites excluding steroid dienone is 2. The van der Waals surface area contributed by atoms with Gasteiger partial charge in [-0.2, -0.15) is 0 Å². The molecule has 0 heterocycles. The number of rotatable bonds is 8. The van der Waals surface area contributed by atoms with Crippen molar-refractivity contribution < 1.29 is 9.90 Å². The summed E-state index contributed by atoms with van der Waals surface area (Å²) in [5.41, 5.74) is 0. The lowest BCUT2D eigenvalue weighted by molar-refractivity contribution is -0.134. The van der Waals surface area contributed by atoms with Crippen LogP contribution in [0.4, 0.5) is 0 Å². The molecule has 16 heavy (non-hydrogen) atoms. The fraction of sp³-hybridized carbons (Fsp3) is 0.786. The minimum atomic E-state index is -0.833. The molecular weight excluding hydrogens is 200 g/mol. The van der Waals surface area contributed by atoms with Crippen molar-refractivity contribution >= 4 is 5.97 Å². The first kappa shape index (κ1) is 17.6. The van der Waals surface area contributed by atoms with Crippen LogP contribution >= 0.6 is 0 Å². The molecule has 0 aromatic rings. The Hall–Kier alpha value is -0.790. The van der Waals surface area contributed by atoms with Gasteiger partial charge in [0.2, 0.25) is 0 Å². The van der Waals surface area contributed by atoms with Crippen molar-refractivity contribution in [2.45, 2.75) is 72.1 Å². The highest BCUT2D eigenvalue weighted by molar-refractivity contribution is 5.62. The molecule has 0 aromatic carbocycles. The normalized spacial score (nSPS) is 9.94. The average molecular weight is 228 g/mol. The van der Waals surface area contributed by atoms with Gasteiger partial charge >= 0.3 is 0 Å². The van der Waals surface area contributed by atoms with Gasteiger partial charge in [-0.1, -0.05) is 58.1 Å². The molecule has 0 fully saturated rings. The smallest absolute Gasteiger partial charge is 0.300 e. The Kier molecular flexibility index (Phi) is 18.3. The van der Waals surface area contributed by atoms with Gasteiger partial charge in [-0.25, -0.2) is 0 Å². The third-order valence-electron chi connectivity index (χ3n) is 2.13. The molecule has 2 heteroatoms. The van der Waals surface area contributed by atoms with Crippen LogP contribution < -0.4 is 0 Å². The molecule has 0 aliphatic rings. The Bertz CT molecular complexity index is 158. The van der Waals surface area contributed by atoms with E-state index in [1.54, 1.807) is 0 Å². The Morgan fingerprint density at radius 2 is 1.50 bits per heavy atom. The molecule has 0 aromatic heterocycles. The lowest BCUT2D eigenvalue weighted by Gasteiger charge is -1.97. The van der Waals surface area contributed by atoms with Gasteiger partial charge in [0, 0.05) is 6.92 Å². The first-order valence-corrected chi connectivity index (χ1v) is 6.49. The van der Waals surface area contributed by atoms with Gasteiger partial charge in [-0.3, -0.25) is 4.79 Å². The maximum absolute atomic E-state index is 9.00. The molecule has 0 saturated carbocycles. The minimum absolute atomic E-state index is 0.833. The molecule has 0 unspecified atom stereocenters. The minimum Gasteiger partial charge on any atom is -0.481 e. The van der Waals surface area contributed by atoms with Crippen molar-refractivity contribution in [3.05, 3.63) is 12.2 Å². The molecule has 0 aliphatic heterocycles. The fourth-order valence-electron chi connectivity index (χ4n) is 1.33. The Balaban J connectivity index is 0. The molecule has 0 radical (unpaired) electrons. The van der Waals surface area contributed by atoms with Gasteiger partial charge < -0.3 is 5.11 Å². The molecule has 0 saturated heterocycles. The number of carboxylic acids is 1. The van der Waals surface area contributed by atoms with E-state index < -0.39 is 5.97 Å². The maximum Gasteiger partial charge on any atom is 0.300 e. The zero-order chi connectivity index (χ0) is 12.6. The topological polar surface area (TPSA) is 37.3 Å². The van der Waals surface area contributed by atoms with E-state index in [1.165, 1.54) is 51.4 Å². The molecule has 2 nitrogen and oxygen atoms in total. The summed E-state index contributed by atoms with van der Waals surface area (Å²) in [6.07, 6.45) is 15.5. The summed E-state index contributed by atoms with van der Waals surface area (Å²) >= 11 is 0. The third-order valence-corrected chi connectivity index (χ3v) is 2.13. The standard InChI is InChI=1S/C12H24.C2H4O2/c1-3-5-7-9-11-12-10-8-6-4-2;1-2(3)4/h5,7H,3-4,6,8-12H2,1-2H3;1H3,(H,3,4). The van der Waals surface area contributed by atoms with Crippen molar-refractivity contribution in [1.29, 1.82) is 0 Å². The second kappa shape index (κ2) is 16.6. The molecule has 0 rings (SSSR count). The SMILES string of the molecule is CC(=O)O.CCC=CCCCCCCCC. The highest BCUT2D eigenvalue weighted by Crippen LogP contribution is 2.07. The summed E-state index contributed by atoms with van der Waals surface area (Å²) in [4.78, 5) is 9.00. The number of unbranched alkanes of at least 4 members (excludes halogenated alkanes) is 6. The van der Waals surface area contributed by atoms with E-state index in [0.717, 1.165) is 6.92 Å². The largest absolute Gasteiger partial charge is 0.481 e. The Morgan fingerprint density at radius 3 is 2.00 bits per heavy atom. The average Bonchev–Trinajstić information content (AvgIpc) is 2.21. The van der Waals surface area contributed by atoms with Crippen molar-refractivity contribution in [3.8, 4) is 0 Å². The second-order valence-electron chi connectivity index (χ2n) is 3.96. The predicted octanol–water partition coefficient (Wildman–Crippen LogP) is 4.79. The van der Waals surface area contributed by atoms with Crippen LogP contribution in [-0.4, -0.2) is 11.1 Å². The van der Waals surface area contributed by atoms with E-state index in [-0.39, 0.29) is 0 Å². The molecule has 0 amide bonds. The van der Waals surface area contributed by atoms with Gasteiger partial charge in [-0.05, 0) is 19.3 Å². The number of carboxylic acid groups (broad SMARTS) is 1. The highest BCUT2D eigenvalue weighted by Gasteiger charge is 1.87. The van der Waals surface area contributed by atoms with E-state index >= 15 is 0 Å². The third kappa shape index (κ3) is 29.2. The maximum atomic E-state index is 9.00. The lowest BCUT2D eigenvalue weighted by atomic mass is 10.1. The van der Waals surface area contributed by atoms with E-state index in [1.807, 2.05) is 0 Å². The van der Waals surface area contributed by atoms with Crippen LogP contribution in [0.3, 0.4) is 0 Å². The zero-order valence-corrected chi connectivity index (χ0v) is 11.2. The Labute approximate surface area is 101 Å². The summed E-state index contributed by atoms with van der Waals surface area (Å²) in [7, 11) is 0. The van der Waals surface area contributed by atoms with Gasteiger partial charge in [0.05, 0.1) is 0 Å². The van der Waals surface area contributed by atoms with E-state index in [0.29, 0.717) is 0 Å². The van der Waals surface area contributed by atoms with Crippen LogP contribution in [0, 0.1) is 0 Å². The monoisotopic (exact) mass is 228 g/mol. The molecule has 0 spiro atoms. The van der Waals surface area contributed by atoms with Crippen LogP contribution in [0.25, 0.3) is 0 Å². The van der Waals surface area contributed by atoms with Crippen molar-refractivity contribution in [3.63, 3.8) is 0 Å². The van der Waals surface area contributed by atoms with Crippen LogP contribution in [0.15, 0.2) is 12.2 Å². The van der Waals surface area contributed by atoms with Crippen LogP contribution in [0.1, 0.15) is 72.1 Å². The van der Waals surface area contributed by atoms with E-state index in [4.69, 9.17) is 9.90 Å². The number of aliphatic carboxylic acids is 1. The zero-order valence-electron chi connectivity index (χ0n) is 11.2. The van der Waals surface area contributed by atoms with Gasteiger partial charge in [0.15, 0.2) is 0 Å².